The second-order valence-electron chi connectivity index (χ2n) is 13.5. The number of rotatable bonds is 19. The first kappa shape index (κ1) is 33.0. The van der Waals surface area contributed by atoms with Crippen LogP contribution in [0.2, 0.25) is 0 Å². The number of unbranched alkanes of at least 4 members (excludes halogenated alkanes) is 3. The topological polar surface area (TPSA) is 44.5 Å². The highest BCUT2D eigenvalue weighted by molar-refractivity contribution is 5.59. The van der Waals surface area contributed by atoms with Crippen LogP contribution in [0.25, 0.3) is 0 Å². The van der Waals surface area contributed by atoms with Gasteiger partial charge >= 0.3 is 0 Å². The first-order valence-corrected chi connectivity index (χ1v) is 16.2. The van der Waals surface area contributed by atoms with Crippen molar-refractivity contribution in [2.24, 2.45) is 23.5 Å². The number of nitrogens with two attached hydrogens (primary N) is 1. The molecule has 2 N–H and O–H groups in total. The number of fused-ring (bicyclic) bond motifs is 1. The Balaban J connectivity index is 1.80. The molecule has 2 rings (SSSR count). The SMILES string of the molecule is Cc1c(C)c2c(c(C)c1OCCCCCCN)CCC(C)(CCC[C@H](C)CCC[C@H](C)CCCC(C)C)O2. The van der Waals surface area contributed by atoms with Gasteiger partial charge in [-0.25, -0.2) is 0 Å². The normalized spacial score (nSPS) is 18.8. The average Bonchev–Trinajstić information content (AvgIpc) is 2.86. The molecule has 0 aromatic heterocycles. The van der Waals surface area contributed by atoms with E-state index < -0.39 is 0 Å². The van der Waals surface area contributed by atoms with Gasteiger partial charge in [-0.2, -0.15) is 0 Å². The number of ether oxygens (including phenoxy) is 2. The molecule has 3 heteroatoms. The molecule has 0 saturated carbocycles. The fraction of sp³-hybridized carbons (Fsp3) is 0.829. The van der Waals surface area contributed by atoms with E-state index in [0.717, 1.165) is 74.5 Å². The lowest BCUT2D eigenvalue weighted by molar-refractivity contribution is 0.0511. The Kier molecular flexibility index (Phi) is 14.6. The van der Waals surface area contributed by atoms with E-state index in [1.54, 1.807) is 0 Å². The zero-order valence-corrected chi connectivity index (χ0v) is 26.6. The molecule has 1 aliphatic heterocycles. The monoisotopic (exact) mass is 529 g/mol. The van der Waals surface area contributed by atoms with Crippen molar-refractivity contribution in [1.29, 1.82) is 0 Å². The summed E-state index contributed by atoms with van der Waals surface area (Å²) in [6.07, 6.45) is 18.9. The highest BCUT2D eigenvalue weighted by Crippen LogP contribution is 2.45. The van der Waals surface area contributed by atoms with Crippen LogP contribution in [-0.4, -0.2) is 18.8 Å². The van der Waals surface area contributed by atoms with Crippen molar-refractivity contribution in [1.82, 2.24) is 0 Å². The molecule has 1 aromatic rings. The van der Waals surface area contributed by atoms with Crippen LogP contribution in [0.5, 0.6) is 11.5 Å². The van der Waals surface area contributed by atoms with E-state index in [1.807, 2.05) is 0 Å². The summed E-state index contributed by atoms with van der Waals surface area (Å²) in [6, 6.07) is 0. The van der Waals surface area contributed by atoms with Crippen molar-refractivity contribution < 1.29 is 9.47 Å². The van der Waals surface area contributed by atoms with E-state index in [2.05, 4.69) is 55.4 Å². The molecule has 0 saturated heterocycles. The molecule has 0 aliphatic carbocycles. The molecule has 0 fully saturated rings. The molecule has 0 spiro atoms. The summed E-state index contributed by atoms with van der Waals surface area (Å²) in [5, 5.41) is 0. The Bertz CT molecular complexity index is 817. The summed E-state index contributed by atoms with van der Waals surface area (Å²) in [4.78, 5) is 0. The van der Waals surface area contributed by atoms with Gasteiger partial charge in [0.2, 0.25) is 0 Å². The number of hydrogen-bond donors (Lipinski definition) is 1. The quantitative estimate of drug-likeness (QED) is 0.181. The van der Waals surface area contributed by atoms with Crippen molar-refractivity contribution in [2.45, 2.75) is 157 Å². The maximum atomic E-state index is 6.82. The summed E-state index contributed by atoms with van der Waals surface area (Å²) in [7, 11) is 0. The van der Waals surface area contributed by atoms with Gasteiger partial charge < -0.3 is 15.2 Å². The van der Waals surface area contributed by atoms with Gasteiger partial charge in [0.25, 0.3) is 0 Å². The third-order valence-corrected chi connectivity index (χ3v) is 9.18. The molecule has 1 aliphatic rings. The lowest BCUT2D eigenvalue weighted by Gasteiger charge is -2.38. The van der Waals surface area contributed by atoms with Gasteiger partial charge in [0.15, 0.2) is 0 Å². The van der Waals surface area contributed by atoms with Crippen LogP contribution in [-0.2, 0) is 6.42 Å². The minimum absolute atomic E-state index is 0.0490. The summed E-state index contributed by atoms with van der Waals surface area (Å²) < 4.78 is 13.1. The van der Waals surface area contributed by atoms with Crippen molar-refractivity contribution in [3.63, 3.8) is 0 Å². The van der Waals surface area contributed by atoms with E-state index in [0.29, 0.717) is 0 Å². The minimum Gasteiger partial charge on any atom is -0.493 e. The zero-order chi connectivity index (χ0) is 28.1. The Labute approximate surface area is 237 Å². The summed E-state index contributed by atoms with van der Waals surface area (Å²) in [6.45, 7) is 20.2. The van der Waals surface area contributed by atoms with Crippen molar-refractivity contribution in [3.8, 4) is 11.5 Å². The second-order valence-corrected chi connectivity index (χ2v) is 13.5. The predicted octanol–water partition coefficient (Wildman–Crippen LogP) is 10.0. The maximum Gasteiger partial charge on any atom is 0.127 e. The van der Waals surface area contributed by atoms with Crippen LogP contribution >= 0.6 is 0 Å². The lowest BCUT2D eigenvalue weighted by atomic mass is 9.83. The number of benzene rings is 1. The molecule has 0 amide bonds. The third kappa shape index (κ3) is 10.7. The largest absolute Gasteiger partial charge is 0.493 e. The molecular formula is C35H63NO2. The van der Waals surface area contributed by atoms with Gasteiger partial charge in [-0.1, -0.05) is 85.5 Å². The first-order chi connectivity index (χ1) is 18.1. The molecule has 1 heterocycles. The van der Waals surface area contributed by atoms with Gasteiger partial charge in [-0.15, -0.1) is 0 Å². The molecule has 1 unspecified atom stereocenters. The van der Waals surface area contributed by atoms with Crippen molar-refractivity contribution in [3.05, 3.63) is 22.3 Å². The highest BCUT2D eigenvalue weighted by atomic mass is 16.5. The smallest absolute Gasteiger partial charge is 0.127 e. The second kappa shape index (κ2) is 16.8. The van der Waals surface area contributed by atoms with Crippen LogP contribution in [0.15, 0.2) is 0 Å². The van der Waals surface area contributed by atoms with Crippen molar-refractivity contribution in [2.75, 3.05) is 13.2 Å². The van der Waals surface area contributed by atoms with E-state index in [1.165, 1.54) is 86.5 Å². The third-order valence-electron chi connectivity index (χ3n) is 9.18. The van der Waals surface area contributed by atoms with Crippen LogP contribution in [0.1, 0.15) is 147 Å². The zero-order valence-electron chi connectivity index (χ0n) is 26.6. The Morgan fingerprint density at radius 1 is 0.763 bits per heavy atom. The molecule has 38 heavy (non-hydrogen) atoms. The molecule has 1 aromatic carbocycles. The standard InChI is InChI=1S/C35H63NO2/c1-26(2)16-13-17-27(3)18-14-19-28(4)20-15-22-35(8)23-21-32-31(7)33(29(5)30(6)34(32)38-35)37-25-12-10-9-11-24-36/h26-28H,9-25,36H2,1-8H3/t27-,28-,35?/m1/s1. The number of hydrogen-bond acceptors (Lipinski definition) is 3. The molecular weight excluding hydrogens is 466 g/mol. The first-order valence-electron chi connectivity index (χ1n) is 16.2. The Morgan fingerprint density at radius 3 is 2.00 bits per heavy atom. The van der Waals surface area contributed by atoms with Crippen LogP contribution in [0, 0.1) is 38.5 Å². The van der Waals surface area contributed by atoms with Crippen LogP contribution in [0.4, 0.5) is 0 Å². The van der Waals surface area contributed by atoms with Gasteiger partial charge in [0.1, 0.15) is 17.1 Å². The van der Waals surface area contributed by atoms with Crippen LogP contribution < -0.4 is 15.2 Å². The molecule has 0 radical (unpaired) electrons. The van der Waals surface area contributed by atoms with Gasteiger partial charge in [0.05, 0.1) is 6.61 Å². The molecule has 3 atom stereocenters. The average molecular weight is 530 g/mol. The van der Waals surface area contributed by atoms with Gasteiger partial charge in [0, 0.05) is 5.56 Å². The Morgan fingerprint density at radius 2 is 1.37 bits per heavy atom. The fourth-order valence-corrected chi connectivity index (χ4v) is 6.25. The highest BCUT2D eigenvalue weighted by Gasteiger charge is 2.34. The van der Waals surface area contributed by atoms with E-state index in [9.17, 15) is 0 Å². The van der Waals surface area contributed by atoms with Gasteiger partial charge in [-0.3, -0.25) is 0 Å². The molecule has 220 valence electrons. The summed E-state index contributed by atoms with van der Waals surface area (Å²) in [5.74, 6) is 4.79. The molecule has 0 bridgehead atoms. The summed E-state index contributed by atoms with van der Waals surface area (Å²) >= 11 is 0. The summed E-state index contributed by atoms with van der Waals surface area (Å²) in [5.41, 5.74) is 10.8. The van der Waals surface area contributed by atoms with Crippen molar-refractivity contribution >= 4 is 0 Å². The lowest BCUT2D eigenvalue weighted by Crippen LogP contribution is -2.37. The minimum atomic E-state index is -0.0490. The van der Waals surface area contributed by atoms with Gasteiger partial charge in [-0.05, 0) is 107 Å². The van der Waals surface area contributed by atoms with E-state index in [4.69, 9.17) is 15.2 Å². The molecule has 3 nitrogen and oxygen atoms in total. The predicted molar refractivity (Wildman–Crippen MR) is 166 cm³/mol. The fourth-order valence-electron chi connectivity index (χ4n) is 6.25. The van der Waals surface area contributed by atoms with E-state index in [-0.39, 0.29) is 5.60 Å². The Hall–Kier alpha value is -1.22. The van der Waals surface area contributed by atoms with Crippen LogP contribution in [0.3, 0.4) is 0 Å². The van der Waals surface area contributed by atoms with E-state index >= 15 is 0 Å². The maximum absolute atomic E-state index is 6.82.